The third kappa shape index (κ3) is 6.21. The van der Waals surface area contributed by atoms with Gasteiger partial charge in [-0.2, -0.15) is 4.58 Å². The predicted octanol–water partition coefficient (Wildman–Crippen LogP) is 6.05. The Morgan fingerprint density at radius 3 is 2.57 bits per heavy atom. The van der Waals surface area contributed by atoms with E-state index in [1.165, 1.54) is 30.0 Å². The Balaban J connectivity index is 1.69. The highest BCUT2D eigenvalue weighted by molar-refractivity contribution is 6.00. The maximum Gasteiger partial charge on any atom is 0.573 e. The van der Waals surface area contributed by atoms with Crippen LogP contribution in [0.4, 0.5) is 30.2 Å². The number of carbonyl (C=O) groups is 1. The van der Waals surface area contributed by atoms with Gasteiger partial charge in [0.05, 0.1) is 11.4 Å². The standard InChI is InChI=1S/C26H29F3N4O2/c1-16-12-19(15-25(2,3)14-16)33-22-10-4-17(5-11-23(30)34)13-21(22)32-24(33)31-18-6-8-20(9-7-18)35-26(27,28)29/h4,6-10,13,16H,5,11-12,14-15H2,1-3H3,(H2-,30,31,32,34)/p+1. The van der Waals surface area contributed by atoms with Crippen molar-refractivity contribution in [2.75, 3.05) is 5.32 Å². The molecule has 2 aromatic rings. The van der Waals surface area contributed by atoms with Crippen LogP contribution in [0.3, 0.4) is 0 Å². The Morgan fingerprint density at radius 1 is 1.23 bits per heavy atom. The summed E-state index contributed by atoms with van der Waals surface area (Å²) in [6.07, 6.45) is -1.00. The van der Waals surface area contributed by atoms with E-state index in [4.69, 9.17) is 10.7 Å². The number of anilines is 1. The first-order valence-corrected chi connectivity index (χ1v) is 11.7. The Bertz CT molecular complexity index is 1180. The van der Waals surface area contributed by atoms with E-state index in [0.29, 0.717) is 24.0 Å². The number of rotatable bonds is 5. The van der Waals surface area contributed by atoms with Gasteiger partial charge in [-0.3, -0.25) is 4.79 Å². The summed E-state index contributed by atoms with van der Waals surface area (Å²) in [5, 5.41) is 3.28. The number of guanidine groups is 1. The lowest BCUT2D eigenvalue weighted by molar-refractivity contribution is -0.306. The number of carbonyl (C=O) groups excluding carboxylic acids is 1. The number of nitrogens with zero attached hydrogens (tertiary/aromatic N) is 2. The first kappa shape index (κ1) is 24.8. The van der Waals surface area contributed by atoms with Crippen LogP contribution in [-0.2, 0) is 11.2 Å². The lowest BCUT2D eigenvalue weighted by Gasteiger charge is -2.35. The second-order valence-electron chi connectivity index (χ2n) is 10.2. The number of nitrogens with one attached hydrogen (secondary N) is 1. The second-order valence-corrected chi connectivity index (χ2v) is 10.2. The highest BCUT2D eigenvalue weighted by Crippen LogP contribution is 2.41. The molecule has 3 N–H and O–H groups in total. The van der Waals surface area contributed by atoms with Crippen molar-refractivity contribution < 1.29 is 27.3 Å². The Labute approximate surface area is 202 Å². The molecule has 35 heavy (non-hydrogen) atoms. The highest BCUT2D eigenvalue weighted by atomic mass is 19.4. The van der Waals surface area contributed by atoms with Crippen molar-refractivity contribution in [3.8, 4) is 5.75 Å². The van der Waals surface area contributed by atoms with Crippen molar-refractivity contribution in [2.24, 2.45) is 22.1 Å². The fraction of sp³-hybridized carbons (Fsp3) is 0.423. The summed E-state index contributed by atoms with van der Waals surface area (Å²) in [5.74, 6) is 0.460. The van der Waals surface area contributed by atoms with Gasteiger partial charge in [-0.05, 0) is 66.1 Å². The zero-order valence-corrected chi connectivity index (χ0v) is 20.1. The van der Waals surface area contributed by atoms with Gasteiger partial charge in [-0.25, -0.2) is 5.32 Å². The van der Waals surface area contributed by atoms with Gasteiger partial charge in [0.1, 0.15) is 11.4 Å². The summed E-state index contributed by atoms with van der Waals surface area (Å²) in [6.45, 7) is 6.76. The van der Waals surface area contributed by atoms with E-state index in [1.54, 1.807) is 0 Å². The third-order valence-corrected chi connectivity index (χ3v) is 6.21. The van der Waals surface area contributed by atoms with Crippen LogP contribution >= 0.6 is 0 Å². The molecular weight excluding hydrogens is 457 g/mol. The number of halogens is 3. The molecule has 0 aromatic heterocycles. The quantitative estimate of drug-likeness (QED) is 0.504. The van der Waals surface area contributed by atoms with Crippen molar-refractivity contribution in [2.45, 2.75) is 59.2 Å². The average Bonchev–Trinajstić information content (AvgIpc) is 3.08. The van der Waals surface area contributed by atoms with Gasteiger partial charge in [0.15, 0.2) is 5.69 Å². The van der Waals surface area contributed by atoms with Gasteiger partial charge >= 0.3 is 12.3 Å². The van der Waals surface area contributed by atoms with Gasteiger partial charge in [-0.1, -0.05) is 31.8 Å². The average molecular weight is 488 g/mol. The molecule has 1 aliphatic carbocycles. The summed E-state index contributed by atoms with van der Waals surface area (Å²) in [7, 11) is 0. The van der Waals surface area contributed by atoms with Gasteiger partial charge in [0, 0.05) is 19.3 Å². The summed E-state index contributed by atoms with van der Waals surface area (Å²) in [4.78, 5) is 16.0. The molecule has 186 valence electrons. The number of nitrogens with two attached hydrogens (primary N) is 1. The summed E-state index contributed by atoms with van der Waals surface area (Å²) in [5.41, 5.74) is 9.94. The minimum absolute atomic E-state index is 0.138. The molecule has 0 bridgehead atoms. The zero-order chi connectivity index (χ0) is 25.4. The summed E-state index contributed by atoms with van der Waals surface area (Å²) < 4.78 is 43.6. The number of ether oxygens (including phenoxy) is 1. The van der Waals surface area contributed by atoms with Crippen LogP contribution in [0.2, 0.25) is 0 Å². The first-order chi connectivity index (χ1) is 16.4. The lowest BCUT2D eigenvalue weighted by atomic mass is 9.72. The van der Waals surface area contributed by atoms with Crippen molar-refractivity contribution in [1.29, 1.82) is 0 Å². The van der Waals surface area contributed by atoms with E-state index in [9.17, 15) is 18.0 Å². The molecule has 4 rings (SSSR count). The molecule has 9 heteroatoms. The molecule has 1 saturated carbocycles. The molecule has 0 spiro atoms. The molecular formula is C26H30F3N4O2+. The largest absolute Gasteiger partial charge is 0.573 e. The van der Waals surface area contributed by atoms with Gasteiger partial charge in [0.2, 0.25) is 5.91 Å². The molecule has 0 radical (unpaired) electrons. The number of alkyl halides is 3. The molecule has 1 unspecified atom stereocenters. The van der Waals surface area contributed by atoms with Crippen LogP contribution < -0.4 is 15.8 Å². The monoisotopic (exact) mass is 487 g/mol. The number of aliphatic imine (C=N–C) groups is 1. The number of aryl methyl sites for hydroxylation is 1. The van der Waals surface area contributed by atoms with Crippen LogP contribution in [-0.4, -0.2) is 28.5 Å². The van der Waals surface area contributed by atoms with E-state index in [2.05, 4.69) is 35.4 Å². The molecule has 0 saturated heterocycles. The SMILES string of the molecule is CC1CC(=[N+]2C(Nc3ccc(OC(F)(F)F)cc3)=Nc3cc(CCC(N)=O)ccc32)CC(C)(C)C1. The van der Waals surface area contributed by atoms with Crippen LogP contribution in [0, 0.1) is 11.3 Å². The summed E-state index contributed by atoms with van der Waals surface area (Å²) in [6, 6.07) is 11.5. The normalized spacial score (nSPS) is 21.3. The fourth-order valence-electron chi connectivity index (χ4n) is 5.11. The fourth-order valence-corrected chi connectivity index (χ4v) is 5.11. The number of hydrogen-bond donors (Lipinski definition) is 2. The Morgan fingerprint density at radius 2 is 1.94 bits per heavy atom. The Hall–Kier alpha value is -3.36. The number of amides is 1. The Kier molecular flexibility index (Phi) is 6.62. The van der Waals surface area contributed by atoms with Crippen molar-refractivity contribution in [3.63, 3.8) is 0 Å². The number of benzene rings is 2. The van der Waals surface area contributed by atoms with Gasteiger partial charge in [0.25, 0.3) is 0 Å². The van der Waals surface area contributed by atoms with Crippen molar-refractivity contribution >= 4 is 34.6 Å². The topological polar surface area (TPSA) is 79.7 Å². The smallest absolute Gasteiger partial charge is 0.406 e. The maximum atomic E-state index is 12.5. The van der Waals surface area contributed by atoms with Crippen LogP contribution in [0.25, 0.3) is 0 Å². The van der Waals surface area contributed by atoms with Gasteiger partial charge in [-0.15, -0.1) is 13.2 Å². The maximum absolute atomic E-state index is 12.5. The van der Waals surface area contributed by atoms with Crippen LogP contribution in [0.1, 0.15) is 52.0 Å². The van der Waals surface area contributed by atoms with E-state index in [0.717, 1.165) is 36.2 Å². The first-order valence-electron chi connectivity index (χ1n) is 11.7. The minimum Gasteiger partial charge on any atom is -0.406 e. The highest BCUT2D eigenvalue weighted by Gasteiger charge is 2.37. The molecule has 1 fully saturated rings. The summed E-state index contributed by atoms with van der Waals surface area (Å²) >= 11 is 0. The molecule has 1 aliphatic heterocycles. The van der Waals surface area contributed by atoms with Crippen LogP contribution in [0.15, 0.2) is 47.5 Å². The molecule has 1 atom stereocenters. The third-order valence-electron chi connectivity index (χ3n) is 6.21. The lowest BCUT2D eigenvalue weighted by Crippen LogP contribution is -2.35. The van der Waals surface area contributed by atoms with E-state index < -0.39 is 6.36 Å². The molecule has 2 aromatic carbocycles. The predicted molar refractivity (Wildman–Crippen MR) is 130 cm³/mol. The zero-order valence-electron chi connectivity index (χ0n) is 20.1. The second kappa shape index (κ2) is 9.36. The molecule has 1 amide bonds. The van der Waals surface area contributed by atoms with Crippen molar-refractivity contribution in [1.82, 2.24) is 0 Å². The number of primary amides is 1. The van der Waals surface area contributed by atoms with Gasteiger partial charge < -0.3 is 10.5 Å². The van der Waals surface area contributed by atoms with E-state index in [-0.39, 0.29) is 23.5 Å². The van der Waals surface area contributed by atoms with E-state index >= 15 is 0 Å². The number of fused-ring (bicyclic) bond motifs is 1. The molecule has 2 aliphatic rings. The van der Waals surface area contributed by atoms with Crippen LogP contribution in [0.5, 0.6) is 5.75 Å². The molecule has 6 nitrogen and oxygen atoms in total. The van der Waals surface area contributed by atoms with Crippen molar-refractivity contribution in [3.05, 3.63) is 48.0 Å². The molecule has 1 heterocycles. The number of hydrogen-bond acceptors (Lipinski definition) is 4. The van der Waals surface area contributed by atoms with E-state index in [1.807, 2.05) is 18.2 Å². The minimum atomic E-state index is -4.74.